The summed E-state index contributed by atoms with van der Waals surface area (Å²) in [5.74, 6) is -0.920. The molecule has 0 aromatic rings. The second kappa shape index (κ2) is 6.78. The van der Waals surface area contributed by atoms with Gasteiger partial charge in [0.2, 0.25) is 0 Å². The van der Waals surface area contributed by atoms with Crippen molar-refractivity contribution in [1.29, 1.82) is 0 Å². The largest absolute Gasteiger partial charge is 0.481 e. The minimum Gasteiger partial charge on any atom is -0.481 e. The van der Waals surface area contributed by atoms with Crippen molar-refractivity contribution in [3.63, 3.8) is 0 Å². The van der Waals surface area contributed by atoms with Crippen LogP contribution in [0, 0.1) is 5.92 Å². The van der Waals surface area contributed by atoms with E-state index in [1.165, 1.54) is 7.11 Å². The number of amides is 2. The Balaban J connectivity index is 1.89. The fraction of sp³-hybridized carbons (Fsp3) is 0.786. The number of carboxylic acids is 1. The Labute approximate surface area is 123 Å². The summed E-state index contributed by atoms with van der Waals surface area (Å²) >= 11 is 0. The summed E-state index contributed by atoms with van der Waals surface area (Å²) in [6.07, 6.45) is 3.02. The van der Waals surface area contributed by atoms with Crippen LogP contribution in [0.25, 0.3) is 0 Å². The van der Waals surface area contributed by atoms with E-state index in [-0.39, 0.29) is 24.3 Å². The molecule has 7 nitrogen and oxygen atoms in total. The Hall–Kier alpha value is -1.79. The first-order valence-corrected chi connectivity index (χ1v) is 7.38. The molecule has 0 saturated carbocycles. The van der Waals surface area contributed by atoms with Crippen LogP contribution in [0.15, 0.2) is 0 Å². The zero-order valence-electron chi connectivity index (χ0n) is 12.3. The molecule has 0 spiro atoms. The third-order valence-corrected chi connectivity index (χ3v) is 4.29. The Kier molecular flexibility index (Phi) is 5.03. The molecule has 2 aliphatic heterocycles. The molecule has 118 valence electrons. The molecule has 0 aliphatic carbocycles. The monoisotopic (exact) mass is 298 g/mol. The van der Waals surface area contributed by atoms with Gasteiger partial charge in [-0.3, -0.25) is 4.79 Å². The zero-order chi connectivity index (χ0) is 15.4. The van der Waals surface area contributed by atoms with E-state index in [1.807, 2.05) is 0 Å². The number of aliphatic carboxylic acids is 1. The van der Waals surface area contributed by atoms with E-state index in [1.54, 1.807) is 9.80 Å². The Morgan fingerprint density at radius 2 is 2.00 bits per heavy atom. The van der Waals surface area contributed by atoms with Crippen molar-refractivity contribution >= 4 is 18.0 Å². The van der Waals surface area contributed by atoms with Crippen LogP contribution in [0.5, 0.6) is 0 Å². The molecule has 2 aliphatic rings. The van der Waals surface area contributed by atoms with Crippen LogP contribution in [0.3, 0.4) is 0 Å². The number of hydrogen-bond acceptors (Lipinski definition) is 4. The highest BCUT2D eigenvalue weighted by Gasteiger charge is 2.38. The van der Waals surface area contributed by atoms with Crippen LogP contribution in [0.1, 0.15) is 32.1 Å². The summed E-state index contributed by atoms with van der Waals surface area (Å²) in [7, 11) is 1.33. The van der Waals surface area contributed by atoms with Crippen molar-refractivity contribution in [2.24, 2.45) is 5.92 Å². The molecule has 2 fully saturated rings. The third-order valence-electron chi connectivity index (χ3n) is 4.29. The lowest BCUT2D eigenvalue weighted by Crippen LogP contribution is -2.47. The second-order valence-electron chi connectivity index (χ2n) is 5.69. The summed E-state index contributed by atoms with van der Waals surface area (Å²) in [5.41, 5.74) is 0. The van der Waals surface area contributed by atoms with Gasteiger partial charge in [-0.05, 0) is 31.6 Å². The van der Waals surface area contributed by atoms with Crippen molar-refractivity contribution in [1.82, 2.24) is 9.80 Å². The summed E-state index contributed by atoms with van der Waals surface area (Å²) < 4.78 is 4.75. The Bertz CT molecular complexity index is 426. The van der Waals surface area contributed by atoms with Crippen LogP contribution in [0.2, 0.25) is 0 Å². The lowest BCUT2D eigenvalue weighted by atomic mass is 10.0. The highest BCUT2D eigenvalue weighted by molar-refractivity contribution is 5.84. The van der Waals surface area contributed by atoms with Crippen LogP contribution < -0.4 is 0 Å². The molecule has 2 heterocycles. The SMILES string of the molecule is COC(=O)C1CCCN1C(=O)N1CCC(CCC(=O)O)C1. The Morgan fingerprint density at radius 1 is 1.24 bits per heavy atom. The maximum atomic E-state index is 12.5. The van der Waals surface area contributed by atoms with Crippen molar-refractivity contribution < 1.29 is 24.2 Å². The number of methoxy groups -OCH3 is 1. The average molecular weight is 298 g/mol. The highest BCUT2D eigenvalue weighted by Crippen LogP contribution is 2.25. The van der Waals surface area contributed by atoms with Gasteiger partial charge in [0, 0.05) is 26.1 Å². The molecule has 1 N–H and O–H groups in total. The zero-order valence-corrected chi connectivity index (χ0v) is 12.3. The minimum absolute atomic E-state index is 0.124. The van der Waals surface area contributed by atoms with Crippen LogP contribution in [0.4, 0.5) is 4.79 Å². The molecule has 2 rings (SSSR count). The highest BCUT2D eigenvalue weighted by atomic mass is 16.5. The molecule has 21 heavy (non-hydrogen) atoms. The first kappa shape index (κ1) is 15.6. The van der Waals surface area contributed by atoms with Gasteiger partial charge >= 0.3 is 18.0 Å². The molecule has 2 saturated heterocycles. The summed E-state index contributed by atoms with van der Waals surface area (Å²) in [4.78, 5) is 38.1. The first-order chi connectivity index (χ1) is 10.0. The van der Waals surface area contributed by atoms with E-state index in [2.05, 4.69) is 0 Å². The fourth-order valence-corrected chi connectivity index (χ4v) is 3.13. The molecule has 2 atom stereocenters. The molecular formula is C14H22N2O5. The maximum Gasteiger partial charge on any atom is 0.328 e. The molecule has 0 aromatic carbocycles. The number of likely N-dealkylation sites (tertiary alicyclic amines) is 2. The third kappa shape index (κ3) is 3.65. The van der Waals surface area contributed by atoms with Gasteiger partial charge in [-0.15, -0.1) is 0 Å². The lowest BCUT2D eigenvalue weighted by Gasteiger charge is -2.28. The number of carbonyl (C=O) groups excluding carboxylic acids is 2. The van der Waals surface area contributed by atoms with Crippen LogP contribution >= 0.6 is 0 Å². The van der Waals surface area contributed by atoms with E-state index in [0.717, 1.165) is 12.8 Å². The standard InChI is InChI=1S/C14H22N2O5/c1-21-13(19)11-3-2-7-16(11)14(20)15-8-6-10(9-15)4-5-12(17)18/h10-11H,2-9H2,1H3,(H,17,18). The van der Waals surface area contributed by atoms with Gasteiger partial charge in [-0.25, -0.2) is 9.59 Å². The van der Waals surface area contributed by atoms with Crippen molar-refractivity contribution in [3.05, 3.63) is 0 Å². The number of nitrogens with zero attached hydrogens (tertiary/aromatic N) is 2. The van der Waals surface area contributed by atoms with Crippen LogP contribution in [-0.4, -0.2) is 65.7 Å². The number of urea groups is 1. The molecule has 2 amide bonds. The molecule has 0 bridgehead atoms. The summed E-state index contributed by atoms with van der Waals surface area (Å²) in [6.45, 7) is 1.79. The van der Waals surface area contributed by atoms with E-state index < -0.39 is 12.0 Å². The number of esters is 1. The van der Waals surface area contributed by atoms with Gasteiger partial charge < -0.3 is 19.6 Å². The van der Waals surface area contributed by atoms with E-state index in [4.69, 9.17) is 9.84 Å². The normalized spacial score (nSPS) is 25.2. The molecule has 7 heteroatoms. The predicted octanol–water partition coefficient (Wildman–Crippen LogP) is 0.930. The quantitative estimate of drug-likeness (QED) is 0.780. The van der Waals surface area contributed by atoms with E-state index in [9.17, 15) is 14.4 Å². The molecular weight excluding hydrogens is 276 g/mol. The number of ether oxygens (including phenoxy) is 1. The number of carbonyl (C=O) groups is 3. The smallest absolute Gasteiger partial charge is 0.328 e. The molecule has 0 aromatic heterocycles. The van der Waals surface area contributed by atoms with E-state index >= 15 is 0 Å². The second-order valence-corrected chi connectivity index (χ2v) is 5.69. The van der Waals surface area contributed by atoms with Gasteiger partial charge in [0.05, 0.1) is 7.11 Å². The Morgan fingerprint density at radius 3 is 2.67 bits per heavy atom. The fourth-order valence-electron chi connectivity index (χ4n) is 3.13. The summed E-state index contributed by atoms with van der Waals surface area (Å²) in [6, 6.07) is -0.596. The lowest BCUT2D eigenvalue weighted by molar-refractivity contribution is -0.145. The van der Waals surface area contributed by atoms with Gasteiger partial charge in [0.15, 0.2) is 0 Å². The topological polar surface area (TPSA) is 87.2 Å². The summed E-state index contributed by atoms with van der Waals surface area (Å²) in [5, 5.41) is 8.70. The van der Waals surface area contributed by atoms with E-state index in [0.29, 0.717) is 32.5 Å². The predicted molar refractivity (Wildman–Crippen MR) is 73.7 cm³/mol. The maximum absolute atomic E-state index is 12.5. The average Bonchev–Trinajstić information content (AvgIpc) is 3.12. The van der Waals surface area contributed by atoms with Crippen molar-refractivity contribution in [2.75, 3.05) is 26.7 Å². The van der Waals surface area contributed by atoms with Crippen molar-refractivity contribution in [2.45, 2.75) is 38.1 Å². The van der Waals surface area contributed by atoms with Crippen LogP contribution in [-0.2, 0) is 14.3 Å². The minimum atomic E-state index is -0.801. The number of rotatable bonds is 4. The van der Waals surface area contributed by atoms with Gasteiger partial charge in [-0.1, -0.05) is 0 Å². The van der Waals surface area contributed by atoms with Gasteiger partial charge in [0.1, 0.15) is 6.04 Å². The molecule has 0 radical (unpaired) electrons. The number of carboxylic acid groups (broad SMARTS) is 1. The first-order valence-electron chi connectivity index (χ1n) is 7.38. The number of hydrogen-bond donors (Lipinski definition) is 1. The molecule has 2 unspecified atom stereocenters. The van der Waals surface area contributed by atoms with Crippen molar-refractivity contribution in [3.8, 4) is 0 Å². The van der Waals surface area contributed by atoms with Gasteiger partial charge in [-0.2, -0.15) is 0 Å². The van der Waals surface area contributed by atoms with Gasteiger partial charge in [0.25, 0.3) is 0 Å².